The van der Waals surface area contributed by atoms with Gasteiger partial charge in [0, 0.05) is 6.04 Å². The molecule has 0 aromatic heterocycles. The topological polar surface area (TPSA) is 67.9 Å². The summed E-state index contributed by atoms with van der Waals surface area (Å²) in [5, 5.41) is 3.01. The quantitative estimate of drug-likeness (QED) is 0.910. The number of nitrogens with zero attached hydrogens (tertiary/aromatic N) is 1. The number of nitrogens with one attached hydrogen (secondary N) is 1. The number of fused-ring (bicyclic) bond motifs is 2. The second-order valence-corrected chi connectivity index (χ2v) is 7.70. The molecule has 3 atom stereocenters. The number of hydrogen-bond donors (Lipinski definition) is 1. The Morgan fingerprint density at radius 1 is 1.20 bits per heavy atom. The van der Waals surface area contributed by atoms with Gasteiger partial charge in [-0.1, -0.05) is 18.2 Å². The van der Waals surface area contributed by atoms with Gasteiger partial charge in [-0.3, -0.25) is 4.79 Å². The van der Waals surface area contributed by atoms with Crippen LogP contribution in [-0.4, -0.2) is 47.2 Å². The van der Waals surface area contributed by atoms with Gasteiger partial charge in [-0.05, 0) is 52.2 Å². The van der Waals surface area contributed by atoms with Crippen LogP contribution in [-0.2, 0) is 9.53 Å². The van der Waals surface area contributed by atoms with Crippen molar-refractivity contribution in [1.82, 2.24) is 10.2 Å². The van der Waals surface area contributed by atoms with E-state index in [1.807, 2.05) is 56.0 Å². The Balaban J connectivity index is 1.52. The Kier molecular flexibility index (Phi) is 4.88. The van der Waals surface area contributed by atoms with Crippen LogP contribution in [0.25, 0.3) is 0 Å². The number of carbonyl (C=O) groups excluding carboxylic acids is 2. The number of para-hydroxylation sites is 1. The highest BCUT2D eigenvalue weighted by atomic mass is 16.6. The van der Waals surface area contributed by atoms with Gasteiger partial charge < -0.3 is 19.7 Å². The zero-order valence-corrected chi connectivity index (χ0v) is 15.0. The predicted octanol–water partition coefficient (Wildman–Crippen LogP) is 2.72. The highest BCUT2D eigenvalue weighted by molar-refractivity contribution is 5.78. The maximum atomic E-state index is 12.4. The van der Waals surface area contributed by atoms with E-state index in [0.29, 0.717) is 5.75 Å². The van der Waals surface area contributed by atoms with Crippen LogP contribution < -0.4 is 10.1 Å². The summed E-state index contributed by atoms with van der Waals surface area (Å²) in [7, 11) is 0. The minimum atomic E-state index is -0.513. The van der Waals surface area contributed by atoms with Crippen LogP contribution in [0.5, 0.6) is 5.75 Å². The second-order valence-electron chi connectivity index (χ2n) is 7.70. The molecular weight excluding hydrogens is 320 g/mol. The molecule has 2 fully saturated rings. The first kappa shape index (κ1) is 17.6. The fourth-order valence-corrected chi connectivity index (χ4v) is 3.66. The van der Waals surface area contributed by atoms with Crippen LogP contribution in [0.15, 0.2) is 30.3 Å². The average molecular weight is 346 g/mol. The summed E-state index contributed by atoms with van der Waals surface area (Å²) >= 11 is 0. The Labute approximate surface area is 148 Å². The van der Waals surface area contributed by atoms with Gasteiger partial charge in [0.15, 0.2) is 6.61 Å². The molecule has 2 bridgehead atoms. The van der Waals surface area contributed by atoms with Gasteiger partial charge in [0.2, 0.25) is 0 Å². The van der Waals surface area contributed by atoms with E-state index in [1.165, 1.54) is 0 Å². The maximum absolute atomic E-state index is 12.4. The largest absolute Gasteiger partial charge is 0.484 e. The van der Waals surface area contributed by atoms with E-state index in [4.69, 9.17) is 9.47 Å². The van der Waals surface area contributed by atoms with Crippen molar-refractivity contribution < 1.29 is 19.1 Å². The van der Waals surface area contributed by atoms with Gasteiger partial charge in [0.1, 0.15) is 11.4 Å². The number of rotatable bonds is 4. The first-order valence-electron chi connectivity index (χ1n) is 8.82. The Morgan fingerprint density at radius 3 is 2.60 bits per heavy atom. The van der Waals surface area contributed by atoms with Gasteiger partial charge in [-0.2, -0.15) is 0 Å². The van der Waals surface area contributed by atoms with E-state index in [0.717, 1.165) is 19.3 Å². The van der Waals surface area contributed by atoms with Gasteiger partial charge in [-0.25, -0.2) is 4.79 Å². The smallest absolute Gasteiger partial charge is 0.410 e. The molecule has 6 heteroatoms. The third kappa shape index (κ3) is 4.24. The molecule has 0 unspecified atom stereocenters. The minimum Gasteiger partial charge on any atom is -0.484 e. The summed E-state index contributed by atoms with van der Waals surface area (Å²) in [6.45, 7) is 5.57. The molecule has 2 heterocycles. The molecule has 2 aliphatic rings. The molecule has 3 rings (SSSR count). The van der Waals surface area contributed by atoms with E-state index in [-0.39, 0.29) is 36.7 Å². The fourth-order valence-electron chi connectivity index (χ4n) is 3.66. The first-order chi connectivity index (χ1) is 11.8. The van der Waals surface area contributed by atoms with Crippen LogP contribution in [0.4, 0.5) is 4.79 Å². The molecule has 1 aromatic carbocycles. The Bertz CT molecular complexity index is 626. The summed E-state index contributed by atoms with van der Waals surface area (Å²) in [6, 6.07) is 9.39. The summed E-state index contributed by atoms with van der Waals surface area (Å²) in [5.41, 5.74) is -0.513. The first-order valence-corrected chi connectivity index (χ1v) is 8.82. The molecule has 0 saturated carbocycles. The molecule has 2 aliphatic heterocycles. The normalized spacial score (nSPS) is 24.9. The van der Waals surface area contributed by atoms with Crippen LogP contribution in [0.2, 0.25) is 0 Å². The molecule has 136 valence electrons. The summed E-state index contributed by atoms with van der Waals surface area (Å²) in [4.78, 5) is 26.4. The third-order valence-corrected chi connectivity index (χ3v) is 4.60. The van der Waals surface area contributed by atoms with Crippen molar-refractivity contribution in [1.29, 1.82) is 0 Å². The van der Waals surface area contributed by atoms with E-state index >= 15 is 0 Å². The highest BCUT2D eigenvalue weighted by Crippen LogP contribution is 2.38. The lowest BCUT2D eigenvalue weighted by molar-refractivity contribution is -0.124. The van der Waals surface area contributed by atoms with Crippen LogP contribution in [0.3, 0.4) is 0 Å². The lowest BCUT2D eigenvalue weighted by Gasteiger charge is -2.28. The Morgan fingerprint density at radius 2 is 1.92 bits per heavy atom. The number of hydrogen-bond acceptors (Lipinski definition) is 4. The molecule has 1 aromatic rings. The Hall–Kier alpha value is -2.24. The van der Waals surface area contributed by atoms with E-state index in [1.54, 1.807) is 0 Å². The van der Waals surface area contributed by atoms with Crippen molar-refractivity contribution in [3.63, 3.8) is 0 Å². The lowest BCUT2D eigenvalue weighted by Crippen LogP contribution is -2.47. The van der Waals surface area contributed by atoms with Crippen molar-refractivity contribution in [2.24, 2.45) is 0 Å². The average Bonchev–Trinajstić information content (AvgIpc) is 3.10. The van der Waals surface area contributed by atoms with Crippen molar-refractivity contribution in [3.05, 3.63) is 30.3 Å². The molecule has 25 heavy (non-hydrogen) atoms. The van der Waals surface area contributed by atoms with Crippen molar-refractivity contribution in [2.45, 2.75) is 63.8 Å². The molecule has 2 amide bonds. The van der Waals surface area contributed by atoms with Crippen LogP contribution >= 0.6 is 0 Å². The van der Waals surface area contributed by atoms with Gasteiger partial charge >= 0.3 is 6.09 Å². The standard InChI is InChI=1S/C19H26N2O4/c1-19(2,3)25-18(23)21-13-9-10-16(21)15(11-13)20-17(22)12-24-14-7-5-4-6-8-14/h4-8,13,15-16H,9-12H2,1-3H3,(H,20,22)/t13-,15+,16-/m1/s1. The lowest BCUT2D eigenvalue weighted by atomic mass is 9.95. The van der Waals surface area contributed by atoms with Crippen molar-refractivity contribution in [2.75, 3.05) is 6.61 Å². The van der Waals surface area contributed by atoms with Crippen molar-refractivity contribution >= 4 is 12.0 Å². The van der Waals surface area contributed by atoms with Crippen LogP contribution in [0, 0.1) is 0 Å². The fraction of sp³-hybridized carbons (Fsp3) is 0.579. The van der Waals surface area contributed by atoms with E-state index in [9.17, 15) is 9.59 Å². The zero-order chi connectivity index (χ0) is 18.0. The minimum absolute atomic E-state index is 0.0144. The highest BCUT2D eigenvalue weighted by Gasteiger charge is 2.50. The molecular formula is C19H26N2O4. The molecule has 0 aliphatic carbocycles. The summed E-state index contributed by atoms with van der Waals surface area (Å²) < 4.78 is 11.0. The van der Waals surface area contributed by atoms with E-state index in [2.05, 4.69) is 5.32 Å². The van der Waals surface area contributed by atoms with Gasteiger partial charge in [0.25, 0.3) is 5.91 Å². The molecule has 2 saturated heterocycles. The molecule has 0 spiro atoms. The van der Waals surface area contributed by atoms with Gasteiger partial charge in [0.05, 0.1) is 12.1 Å². The zero-order valence-electron chi connectivity index (χ0n) is 15.0. The molecule has 6 nitrogen and oxygen atoms in total. The summed E-state index contributed by atoms with van der Waals surface area (Å²) in [5.74, 6) is 0.506. The monoisotopic (exact) mass is 346 g/mol. The molecule has 0 radical (unpaired) electrons. The SMILES string of the molecule is CC(C)(C)OC(=O)N1[C@@H]2CC[C@@H]1[C@@H](NC(=O)COc1ccccc1)C2. The number of amides is 2. The van der Waals surface area contributed by atoms with Crippen LogP contribution in [0.1, 0.15) is 40.0 Å². The van der Waals surface area contributed by atoms with Crippen molar-refractivity contribution in [3.8, 4) is 5.75 Å². The van der Waals surface area contributed by atoms with Gasteiger partial charge in [-0.15, -0.1) is 0 Å². The molecule has 1 N–H and O–H groups in total. The summed E-state index contributed by atoms with van der Waals surface area (Å²) in [6.07, 6.45) is 2.36. The number of benzene rings is 1. The van der Waals surface area contributed by atoms with E-state index < -0.39 is 5.60 Å². The number of carbonyl (C=O) groups is 2. The maximum Gasteiger partial charge on any atom is 0.410 e. The second kappa shape index (κ2) is 6.94. The predicted molar refractivity (Wildman–Crippen MR) is 93.4 cm³/mol. The number of ether oxygens (including phenoxy) is 2. The third-order valence-electron chi connectivity index (χ3n) is 4.60.